The summed E-state index contributed by atoms with van der Waals surface area (Å²) in [4.78, 5) is 20.0. The smallest absolute Gasteiger partial charge is 0.253 e. The number of aliphatic hydroxyl groups is 1. The number of carbonyl (C=O) groups is 1. The van der Waals surface area contributed by atoms with Gasteiger partial charge in [-0.1, -0.05) is 11.6 Å². The van der Waals surface area contributed by atoms with Crippen LogP contribution >= 0.6 is 11.6 Å². The van der Waals surface area contributed by atoms with Crippen LogP contribution in [0.2, 0.25) is 5.02 Å². The van der Waals surface area contributed by atoms with Gasteiger partial charge in [-0.3, -0.25) is 4.79 Å². The molecule has 1 unspecified atom stereocenters. The summed E-state index contributed by atoms with van der Waals surface area (Å²) < 4.78 is 26.7. The zero-order valence-electron chi connectivity index (χ0n) is 18.1. The average molecular weight is 466 g/mol. The zero-order chi connectivity index (χ0) is 22.7. The van der Waals surface area contributed by atoms with Crippen molar-refractivity contribution in [1.29, 1.82) is 0 Å². The van der Waals surface area contributed by atoms with E-state index in [1.807, 2.05) is 18.2 Å². The van der Waals surface area contributed by atoms with Crippen LogP contribution in [0.15, 0.2) is 24.3 Å². The summed E-state index contributed by atoms with van der Waals surface area (Å²) in [5.41, 5.74) is 1.08. The van der Waals surface area contributed by atoms with Crippen LogP contribution in [0.1, 0.15) is 55.3 Å². The molecule has 174 valence electrons. The molecule has 2 aromatic rings. The maximum Gasteiger partial charge on any atom is 0.253 e. The molecule has 1 atom stereocenters. The number of amides is 1. The summed E-state index contributed by atoms with van der Waals surface area (Å²) in [7, 11) is 0. The molecule has 1 aromatic heterocycles. The van der Waals surface area contributed by atoms with Gasteiger partial charge >= 0.3 is 0 Å². The number of fused-ring (bicyclic) bond motifs is 1. The number of hydrogen-bond donors (Lipinski definition) is 2. The van der Waals surface area contributed by atoms with E-state index in [4.69, 9.17) is 21.7 Å². The molecule has 2 N–H and O–H groups in total. The number of carbonyl (C=O) groups excluding carboxylic acids is 1. The third-order valence-corrected chi connectivity index (χ3v) is 7.12. The van der Waals surface area contributed by atoms with E-state index in [0.717, 1.165) is 38.2 Å². The lowest BCUT2D eigenvalue weighted by Gasteiger charge is -2.28. The normalized spacial score (nSPS) is 21.2. The van der Waals surface area contributed by atoms with Gasteiger partial charge in [0.2, 0.25) is 5.92 Å². The van der Waals surface area contributed by atoms with Gasteiger partial charge in [0.1, 0.15) is 5.82 Å². The van der Waals surface area contributed by atoms with Crippen LogP contribution in [-0.4, -0.2) is 48.2 Å². The second kappa shape index (κ2) is 9.87. The highest BCUT2D eigenvalue weighted by Crippen LogP contribution is 2.36. The topological polar surface area (TPSA) is 65.5 Å². The Morgan fingerprint density at radius 3 is 2.72 bits per heavy atom. The van der Waals surface area contributed by atoms with Crippen LogP contribution in [0.3, 0.4) is 0 Å². The summed E-state index contributed by atoms with van der Waals surface area (Å²) in [5, 5.41) is 13.0. The van der Waals surface area contributed by atoms with E-state index < -0.39 is 5.92 Å². The Morgan fingerprint density at radius 1 is 1.19 bits per heavy atom. The Morgan fingerprint density at radius 2 is 1.97 bits per heavy atom. The standard InChI is InChI=1S/C24H30ClF2N3O2/c25-19-4-5-20-18(3-6-21(29-20)30-12-9-17(15-30)2-1-13-31)22(19)23(32)28-14-16-7-10-24(26,27)11-8-16/h3-6,16-17,31H,1-2,7-15H2,(H,28,32). The zero-order valence-corrected chi connectivity index (χ0v) is 18.9. The number of aliphatic hydroxyl groups excluding tert-OH is 1. The molecule has 32 heavy (non-hydrogen) atoms. The van der Waals surface area contributed by atoms with Crippen molar-refractivity contribution in [2.24, 2.45) is 11.8 Å². The van der Waals surface area contributed by atoms with Gasteiger partial charge in [0.05, 0.1) is 16.1 Å². The van der Waals surface area contributed by atoms with Crippen LogP contribution in [-0.2, 0) is 0 Å². The number of alkyl halides is 2. The minimum Gasteiger partial charge on any atom is -0.396 e. The first-order valence-electron chi connectivity index (χ1n) is 11.5. The van der Waals surface area contributed by atoms with Gasteiger partial charge in [-0.05, 0) is 68.2 Å². The summed E-state index contributed by atoms with van der Waals surface area (Å²) >= 11 is 6.37. The number of halogens is 3. The first kappa shape index (κ1) is 23.2. The molecular formula is C24H30ClF2N3O2. The molecule has 2 aliphatic rings. The van der Waals surface area contributed by atoms with Crippen LogP contribution in [0.5, 0.6) is 0 Å². The molecular weight excluding hydrogens is 436 g/mol. The van der Waals surface area contributed by atoms with Crippen molar-refractivity contribution < 1.29 is 18.7 Å². The van der Waals surface area contributed by atoms with Crippen molar-refractivity contribution in [3.8, 4) is 0 Å². The van der Waals surface area contributed by atoms with Crippen molar-refractivity contribution in [3.05, 3.63) is 34.9 Å². The molecule has 8 heteroatoms. The van der Waals surface area contributed by atoms with Crippen molar-refractivity contribution in [3.63, 3.8) is 0 Å². The lowest BCUT2D eigenvalue weighted by atomic mass is 9.87. The van der Waals surface area contributed by atoms with E-state index in [-0.39, 0.29) is 31.3 Å². The van der Waals surface area contributed by atoms with E-state index in [1.165, 1.54) is 0 Å². The average Bonchev–Trinajstić information content (AvgIpc) is 3.25. The molecule has 1 aromatic carbocycles. The third kappa shape index (κ3) is 5.31. The molecule has 2 fully saturated rings. The molecule has 0 bridgehead atoms. The quantitative estimate of drug-likeness (QED) is 0.601. The van der Waals surface area contributed by atoms with Crippen molar-refractivity contribution in [2.75, 3.05) is 31.1 Å². The van der Waals surface area contributed by atoms with E-state index >= 15 is 0 Å². The van der Waals surface area contributed by atoms with Crippen LogP contribution in [0, 0.1) is 11.8 Å². The van der Waals surface area contributed by atoms with Gasteiger partial charge in [0, 0.05) is 44.5 Å². The van der Waals surface area contributed by atoms with E-state index in [0.29, 0.717) is 46.8 Å². The maximum atomic E-state index is 13.4. The number of anilines is 1. The van der Waals surface area contributed by atoms with E-state index in [9.17, 15) is 13.6 Å². The fourth-order valence-electron chi connectivity index (χ4n) is 4.86. The van der Waals surface area contributed by atoms with Gasteiger partial charge in [-0.2, -0.15) is 0 Å². The fraction of sp³-hybridized carbons (Fsp3) is 0.583. The molecule has 1 amide bonds. The minimum atomic E-state index is -2.57. The van der Waals surface area contributed by atoms with Crippen LogP contribution in [0.4, 0.5) is 14.6 Å². The summed E-state index contributed by atoms with van der Waals surface area (Å²) in [6.45, 7) is 2.44. The molecule has 1 saturated carbocycles. The first-order valence-corrected chi connectivity index (χ1v) is 11.9. The molecule has 1 aliphatic carbocycles. The number of nitrogens with one attached hydrogen (secondary N) is 1. The number of nitrogens with zero attached hydrogens (tertiary/aromatic N) is 2. The van der Waals surface area contributed by atoms with Crippen LogP contribution < -0.4 is 10.2 Å². The lowest BCUT2D eigenvalue weighted by molar-refractivity contribution is -0.0452. The van der Waals surface area contributed by atoms with Crippen molar-refractivity contribution >= 4 is 34.2 Å². The third-order valence-electron chi connectivity index (χ3n) is 6.80. The molecule has 0 spiro atoms. The number of aromatic nitrogens is 1. The fourth-order valence-corrected chi connectivity index (χ4v) is 5.11. The summed E-state index contributed by atoms with van der Waals surface area (Å²) in [5.74, 6) is -1.37. The SMILES string of the molecule is O=C(NCC1CCC(F)(F)CC1)c1c(Cl)ccc2nc(N3CCC(CCCO)C3)ccc12. The highest BCUT2D eigenvalue weighted by atomic mass is 35.5. The largest absolute Gasteiger partial charge is 0.396 e. The molecule has 1 saturated heterocycles. The second-order valence-corrected chi connectivity index (χ2v) is 9.54. The highest BCUT2D eigenvalue weighted by Gasteiger charge is 2.35. The highest BCUT2D eigenvalue weighted by molar-refractivity contribution is 6.35. The Hall–Kier alpha value is -1.99. The number of hydrogen-bond acceptors (Lipinski definition) is 4. The van der Waals surface area contributed by atoms with Gasteiger partial charge in [0.15, 0.2) is 0 Å². The molecule has 4 rings (SSSR count). The minimum absolute atomic E-state index is 0.0611. The van der Waals surface area contributed by atoms with E-state index in [2.05, 4.69) is 10.2 Å². The Labute approximate surface area is 192 Å². The van der Waals surface area contributed by atoms with Gasteiger partial charge in [-0.25, -0.2) is 13.8 Å². The predicted molar refractivity (Wildman–Crippen MR) is 123 cm³/mol. The summed E-state index contributed by atoms with van der Waals surface area (Å²) in [6.07, 6.45) is 3.51. The Bertz CT molecular complexity index is 962. The summed E-state index contributed by atoms with van der Waals surface area (Å²) in [6, 6.07) is 7.32. The first-order chi connectivity index (χ1) is 15.4. The molecule has 0 radical (unpaired) electrons. The number of benzene rings is 1. The maximum absolute atomic E-state index is 13.4. The lowest BCUT2D eigenvalue weighted by Crippen LogP contribution is -2.34. The van der Waals surface area contributed by atoms with Gasteiger partial charge in [-0.15, -0.1) is 0 Å². The molecule has 5 nitrogen and oxygen atoms in total. The second-order valence-electron chi connectivity index (χ2n) is 9.13. The van der Waals surface area contributed by atoms with Crippen molar-refractivity contribution in [1.82, 2.24) is 10.3 Å². The monoisotopic (exact) mass is 465 g/mol. The Kier molecular flexibility index (Phi) is 7.15. The number of pyridine rings is 1. The van der Waals surface area contributed by atoms with Crippen LogP contribution in [0.25, 0.3) is 10.9 Å². The molecule has 2 heterocycles. The predicted octanol–water partition coefficient (Wildman–Crippen LogP) is 5.04. The Balaban J connectivity index is 1.45. The van der Waals surface area contributed by atoms with Gasteiger partial charge < -0.3 is 15.3 Å². The van der Waals surface area contributed by atoms with Crippen molar-refractivity contribution in [2.45, 2.75) is 50.9 Å². The van der Waals surface area contributed by atoms with Gasteiger partial charge in [0.25, 0.3) is 5.91 Å². The van der Waals surface area contributed by atoms with E-state index in [1.54, 1.807) is 6.07 Å². The molecule has 1 aliphatic heterocycles. The number of rotatable bonds is 7.